The van der Waals surface area contributed by atoms with Crippen LogP contribution in [0.3, 0.4) is 0 Å². The molecule has 1 aliphatic rings. The topological polar surface area (TPSA) is 123 Å². The molecule has 21 heavy (non-hydrogen) atoms. The molecule has 1 aliphatic heterocycles. The van der Waals surface area contributed by atoms with E-state index in [0.29, 0.717) is 10.6 Å². The first kappa shape index (κ1) is 13.7. The highest BCUT2D eigenvalue weighted by Gasteiger charge is 2.25. The van der Waals surface area contributed by atoms with Crippen LogP contribution in [0.1, 0.15) is 16.1 Å². The number of thiazole rings is 1. The summed E-state index contributed by atoms with van der Waals surface area (Å²) in [7, 11) is 0. The first-order valence-electron chi connectivity index (χ1n) is 6.46. The number of carbonyl (C=O) groups excluding carboxylic acids is 1. The Morgan fingerprint density at radius 1 is 1.43 bits per heavy atom. The molecule has 0 bridgehead atoms. The lowest BCUT2D eigenvalue weighted by molar-refractivity contribution is 0.103. The normalized spacial score (nSPS) is 18.0. The third-order valence-corrected chi connectivity index (χ3v) is 4.29. The molecule has 2 aromatic heterocycles. The van der Waals surface area contributed by atoms with E-state index < -0.39 is 0 Å². The monoisotopic (exact) mass is 305 g/mol. The van der Waals surface area contributed by atoms with Crippen LogP contribution >= 0.6 is 11.3 Å². The molecule has 0 saturated carbocycles. The van der Waals surface area contributed by atoms with Crippen LogP contribution in [0.5, 0.6) is 0 Å². The number of nitrogen functional groups attached to an aromatic ring is 1. The van der Waals surface area contributed by atoms with E-state index in [1.54, 1.807) is 0 Å². The highest BCUT2D eigenvalue weighted by atomic mass is 32.1. The number of nitrogens with zero attached hydrogens (tertiary/aromatic N) is 4. The molecule has 8 nitrogen and oxygen atoms in total. The fourth-order valence-corrected chi connectivity index (χ4v) is 3.05. The molecule has 110 valence electrons. The van der Waals surface area contributed by atoms with Crippen molar-refractivity contribution in [3.63, 3.8) is 0 Å². The van der Waals surface area contributed by atoms with Gasteiger partial charge in [-0.05, 0) is 6.42 Å². The van der Waals surface area contributed by atoms with Crippen LogP contribution in [-0.4, -0.2) is 40.0 Å². The van der Waals surface area contributed by atoms with Gasteiger partial charge in [-0.3, -0.25) is 4.79 Å². The molecule has 2 aromatic rings. The summed E-state index contributed by atoms with van der Waals surface area (Å²) in [4.78, 5) is 26.6. The number of rotatable bonds is 3. The molecule has 1 atom stereocenters. The fourth-order valence-electron chi connectivity index (χ4n) is 2.13. The van der Waals surface area contributed by atoms with Gasteiger partial charge in [0.1, 0.15) is 17.0 Å². The molecule has 1 saturated heterocycles. The molecule has 1 fully saturated rings. The van der Waals surface area contributed by atoms with Crippen molar-refractivity contribution in [2.45, 2.75) is 12.5 Å². The summed E-state index contributed by atoms with van der Waals surface area (Å²) in [5.41, 5.74) is 12.2. The number of anilines is 3. The second-order valence-electron chi connectivity index (χ2n) is 4.79. The molecular weight excluding hydrogens is 290 g/mol. The summed E-state index contributed by atoms with van der Waals surface area (Å²) in [5.74, 6) is -0.0839. The van der Waals surface area contributed by atoms with E-state index in [0.717, 1.165) is 24.6 Å². The van der Waals surface area contributed by atoms with Crippen molar-refractivity contribution in [3.8, 4) is 0 Å². The summed E-state index contributed by atoms with van der Waals surface area (Å²) in [5, 5.41) is 3.43. The van der Waals surface area contributed by atoms with Gasteiger partial charge < -0.3 is 21.7 Å². The van der Waals surface area contributed by atoms with Gasteiger partial charge in [0.15, 0.2) is 5.13 Å². The highest BCUT2D eigenvalue weighted by Crippen LogP contribution is 2.30. The summed E-state index contributed by atoms with van der Waals surface area (Å²) >= 11 is 1.27. The first-order chi connectivity index (χ1) is 10.1. The lowest BCUT2D eigenvalue weighted by atomic mass is 10.3. The Morgan fingerprint density at radius 2 is 2.19 bits per heavy atom. The summed E-state index contributed by atoms with van der Waals surface area (Å²) in [6.07, 6.45) is 5.35. The van der Waals surface area contributed by atoms with Crippen molar-refractivity contribution < 1.29 is 4.79 Å². The van der Waals surface area contributed by atoms with Crippen molar-refractivity contribution in [3.05, 3.63) is 23.6 Å². The number of aromatic nitrogens is 3. The average Bonchev–Trinajstić information content (AvgIpc) is 3.06. The molecule has 0 spiro atoms. The van der Waals surface area contributed by atoms with Gasteiger partial charge in [0, 0.05) is 19.1 Å². The minimum absolute atomic E-state index is 0.147. The number of hydrogen-bond donors (Lipinski definition) is 3. The van der Waals surface area contributed by atoms with E-state index in [9.17, 15) is 4.79 Å². The smallest absolute Gasteiger partial charge is 0.269 e. The number of carbonyl (C=O) groups is 1. The van der Waals surface area contributed by atoms with Crippen LogP contribution in [-0.2, 0) is 0 Å². The van der Waals surface area contributed by atoms with Crippen LogP contribution in [0, 0.1) is 0 Å². The Hall–Kier alpha value is -2.26. The third-order valence-electron chi connectivity index (χ3n) is 3.16. The quantitative estimate of drug-likeness (QED) is 0.745. The SMILES string of the molecule is Nc1nc(N2CCC(N)C2)sc1C(=O)Nc1cncnc1. The summed E-state index contributed by atoms with van der Waals surface area (Å²) in [6.45, 7) is 1.57. The molecule has 9 heteroatoms. The van der Waals surface area contributed by atoms with Gasteiger partial charge in [0.2, 0.25) is 0 Å². The molecule has 0 aliphatic carbocycles. The second kappa shape index (κ2) is 5.62. The van der Waals surface area contributed by atoms with Gasteiger partial charge in [0.05, 0.1) is 18.1 Å². The Labute approximate surface area is 125 Å². The minimum Gasteiger partial charge on any atom is -0.382 e. The van der Waals surface area contributed by atoms with Gasteiger partial charge in [-0.2, -0.15) is 0 Å². The number of hydrogen-bond acceptors (Lipinski definition) is 8. The predicted molar refractivity (Wildman–Crippen MR) is 81.3 cm³/mol. The molecule has 0 radical (unpaired) electrons. The molecule has 3 heterocycles. The summed E-state index contributed by atoms with van der Waals surface area (Å²) in [6, 6.07) is 0.147. The van der Waals surface area contributed by atoms with Gasteiger partial charge in [-0.1, -0.05) is 11.3 Å². The van der Waals surface area contributed by atoms with Crippen LogP contribution in [0.25, 0.3) is 0 Å². The zero-order chi connectivity index (χ0) is 14.8. The van der Waals surface area contributed by atoms with Crippen molar-refractivity contribution >= 4 is 33.9 Å². The van der Waals surface area contributed by atoms with Crippen molar-refractivity contribution in [1.29, 1.82) is 0 Å². The van der Waals surface area contributed by atoms with E-state index in [-0.39, 0.29) is 17.8 Å². The van der Waals surface area contributed by atoms with Gasteiger partial charge >= 0.3 is 0 Å². The highest BCUT2D eigenvalue weighted by molar-refractivity contribution is 7.18. The lowest BCUT2D eigenvalue weighted by Crippen LogP contribution is -2.26. The van der Waals surface area contributed by atoms with Gasteiger partial charge in [-0.25, -0.2) is 15.0 Å². The summed E-state index contributed by atoms with van der Waals surface area (Å²) < 4.78 is 0. The standard InChI is InChI=1S/C12H15N7OS/c13-7-1-2-19(5-7)12-18-10(14)9(21-12)11(20)17-8-3-15-6-16-4-8/h3-4,6-7H,1-2,5,13-14H2,(H,17,20). The third kappa shape index (κ3) is 2.93. The number of amides is 1. The zero-order valence-electron chi connectivity index (χ0n) is 11.2. The lowest BCUT2D eigenvalue weighted by Gasteiger charge is -2.12. The molecule has 3 rings (SSSR count). The molecule has 0 aromatic carbocycles. The Kier molecular flexibility index (Phi) is 3.67. The first-order valence-corrected chi connectivity index (χ1v) is 7.28. The molecule has 5 N–H and O–H groups in total. The number of nitrogens with two attached hydrogens (primary N) is 2. The average molecular weight is 305 g/mol. The maximum absolute atomic E-state index is 12.2. The predicted octanol–water partition coefficient (Wildman–Crippen LogP) is 0.305. The van der Waals surface area contributed by atoms with E-state index in [2.05, 4.69) is 20.3 Å². The van der Waals surface area contributed by atoms with Crippen LogP contribution in [0.2, 0.25) is 0 Å². The molecule has 1 amide bonds. The maximum atomic E-state index is 12.2. The minimum atomic E-state index is -0.311. The van der Waals surface area contributed by atoms with Crippen LogP contribution in [0.15, 0.2) is 18.7 Å². The Bertz CT molecular complexity index is 644. The maximum Gasteiger partial charge on any atom is 0.269 e. The van der Waals surface area contributed by atoms with Crippen molar-refractivity contribution in [1.82, 2.24) is 15.0 Å². The van der Waals surface area contributed by atoms with E-state index in [4.69, 9.17) is 11.5 Å². The van der Waals surface area contributed by atoms with Crippen LogP contribution in [0.4, 0.5) is 16.6 Å². The van der Waals surface area contributed by atoms with E-state index >= 15 is 0 Å². The largest absolute Gasteiger partial charge is 0.382 e. The van der Waals surface area contributed by atoms with Gasteiger partial charge in [0.25, 0.3) is 5.91 Å². The molecular formula is C12H15N7OS. The second-order valence-corrected chi connectivity index (χ2v) is 5.76. The zero-order valence-corrected chi connectivity index (χ0v) is 12.0. The van der Waals surface area contributed by atoms with Gasteiger partial charge in [-0.15, -0.1) is 0 Å². The Balaban J connectivity index is 1.76. The number of nitrogens with one attached hydrogen (secondary N) is 1. The fraction of sp³-hybridized carbons (Fsp3) is 0.333. The van der Waals surface area contributed by atoms with E-state index in [1.807, 2.05) is 4.90 Å². The van der Waals surface area contributed by atoms with Crippen molar-refractivity contribution in [2.24, 2.45) is 5.73 Å². The van der Waals surface area contributed by atoms with Crippen LogP contribution < -0.4 is 21.7 Å². The molecule has 1 unspecified atom stereocenters. The van der Waals surface area contributed by atoms with E-state index in [1.165, 1.54) is 30.1 Å². The van der Waals surface area contributed by atoms with Crippen molar-refractivity contribution in [2.75, 3.05) is 29.0 Å². The Morgan fingerprint density at radius 3 is 2.86 bits per heavy atom.